The predicted molar refractivity (Wildman–Crippen MR) is 102 cm³/mol. The van der Waals surface area contributed by atoms with Crippen molar-refractivity contribution in [3.63, 3.8) is 0 Å². The molecule has 7 nitrogen and oxygen atoms in total. The van der Waals surface area contributed by atoms with Crippen molar-refractivity contribution >= 4 is 11.6 Å². The molecule has 1 aliphatic carbocycles. The molecular formula is C20H22N4O3. The molecule has 0 spiro atoms. The molecule has 2 aliphatic rings. The molecule has 0 saturated carbocycles. The molecule has 0 amide bonds. The van der Waals surface area contributed by atoms with Gasteiger partial charge < -0.3 is 5.32 Å². The van der Waals surface area contributed by atoms with Gasteiger partial charge in [0.2, 0.25) is 0 Å². The molecule has 4 rings (SSSR count). The normalized spacial score (nSPS) is 20.7. The van der Waals surface area contributed by atoms with Gasteiger partial charge in [-0.1, -0.05) is 13.8 Å². The number of nitrogens with one attached hydrogen (secondary N) is 1. The minimum absolute atomic E-state index is 0.0390. The van der Waals surface area contributed by atoms with Crippen LogP contribution in [0.3, 0.4) is 0 Å². The Balaban J connectivity index is 2.08. The van der Waals surface area contributed by atoms with Gasteiger partial charge in [0, 0.05) is 50.1 Å². The molecule has 1 aliphatic heterocycles. The van der Waals surface area contributed by atoms with Crippen LogP contribution in [-0.2, 0) is 18.9 Å². The minimum atomic E-state index is -0.506. The maximum atomic E-state index is 13.1. The van der Waals surface area contributed by atoms with Gasteiger partial charge in [0.15, 0.2) is 5.78 Å². The zero-order valence-corrected chi connectivity index (χ0v) is 15.9. The Morgan fingerprint density at radius 2 is 1.74 bits per heavy atom. The molecule has 3 heterocycles. The van der Waals surface area contributed by atoms with Crippen LogP contribution in [0.15, 0.2) is 45.4 Å². The third-order valence-electron chi connectivity index (χ3n) is 5.51. The number of aromatic nitrogens is 3. The first-order valence-electron chi connectivity index (χ1n) is 8.94. The highest BCUT2D eigenvalue weighted by atomic mass is 16.2. The molecule has 7 heteroatoms. The lowest BCUT2D eigenvalue weighted by Crippen LogP contribution is -2.45. The topological polar surface area (TPSA) is 86.0 Å². The van der Waals surface area contributed by atoms with Crippen LogP contribution < -0.4 is 16.6 Å². The minimum Gasteiger partial charge on any atom is -0.344 e. The van der Waals surface area contributed by atoms with Gasteiger partial charge in [-0.3, -0.25) is 23.7 Å². The third-order valence-corrected chi connectivity index (χ3v) is 5.51. The quantitative estimate of drug-likeness (QED) is 0.830. The number of Topliss-reactive ketones (excluding diaryl/α,β-unsaturated/α-hetero) is 1. The van der Waals surface area contributed by atoms with Gasteiger partial charge in [-0.2, -0.15) is 0 Å². The van der Waals surface area contributed by atoms with Crippen molar-refractivity contribution in [1.29, 1.82) is 0 Å². The van der Waals surface area contributed by atoms with Crippen LogP contribution in [0.1, 0.15) is 43.7 Å². The molecule has 0 fully saturated rings. The lowest BCUT2D eigenvalue weighted by Gasteiger charge is -2.39. The summed E-state index contributed by atoms with van der Waals surface area (Å²) in [5, 5.41) is 3.25. The highest BCUT2D eigenvalue weighted by molar-refractivity contribution is 6.01. The number of rotatable bonds is 1. The van der Waals surface area contributed by atoms with E-state index in [4.69, 9.17) is 0 Å². The summed E-state index contributed by atoms with van der Waals surface area (Å²) in [7, 11) is 3.10. The Labute approximate surface area is 156 Å². The second-order valence-corrected chi connectivity index (χ2v) is 8.14. The van der Waals surface area contributed by atoms with E-state index in [2.05, 4.69) is 24.1 Å². The lowest BCUT2D eigenvalue weighted by molar-refractivity contribution is -0.118. The number of carbonyl (C=O) groups excluding carboxylic acids is 1. The maximum Gasteiger partial charge on any atom is 0.332 e. The number of carbonyl (C=O) groups is 1. The Kier molecular flexibility index (Phi) is 3.73. The van der Waals surface area contributed by atoms with E-state index in [1.54, 1.807) is 19.4 Å². The van der Waals surface area contributed by atoms with Crippen LogP contribution in [0.2, 0.25) is 0 Å². The van der Waals surface area contributed by atoms with Gasteiger partial charge >= 0.3 is 5.69 Å². The van der Waals surface area contributed by atoms with Gasteiger partial charge in [0.05, 0.1) is 5.56 Å². The number of allylic oxidation sites excluding steroid dienone is 2. The summed E-state index contributed by atoms with van der Waals surface area (Å²) < 4.78 is 2.54. The first-order chi connectivity index (χ1) is 12.7. The van der Waals surface area contributed by atoms with Gasteiger partial charge in [-0.25, -0.2) is 4.79 Å². The second-order valence-electron chi connectivity index (χ2n) is 8.14. The van der Waals surface area contributed by atoms with E-state index in [1.165, 1.54) is 11.6 Å². The number of nitrogens with zero attached hydrogens (tertiary/aromatic N) is 3. The Hall–Kier alpha value is -2.96. The number of hydrogen-bond donors (Lipinski definition) is 1. The van der Waals surface area contributed by atoms with E-state index in [0.29, 0.717) is 29.8 Å². The van der Waals surface area contributed by atoms with Crippen LogP contribution in [0.25, 0.3) is 0 Å². The number of hydrogen-bond acceptors (Lipinski definition) is 5. The van der Waals surface area contributed by atoms with Crippen molar-refractivity contribution in [2.75, 3.05) is 5.32 Å². The molecule has 1 unspecified atom stereocenters. The fourth-order valence-electron chi connectivity index (χ4n) is 4.24. The van der Waals surface area contributed by atoms with Crippen LogP contribution in [0.5, 0.6) is 0 Å². The molecule has 27 heavy (non-hydrogen) atoms. The molecule has 2 aromatic heterocycles. The average molecular weight is 366 g/mol. The molecule has 1 atom stereocenters. The van der Waals surface area contributed by atoms with Gasteiger partial charge in [0.25, 0.3) is 5.56 Å². The van der Waals surface area contributed by atoms with Crippen LogP contribution in [0.4, 0.5) is 5.82 Å². The summed E-state index contributed by atoms with van der Waals surface area (Å²) in [6.45, 7) is 4.10. The Bertz CT molecular complexity index is 1110. The number of ketones is 1. The molecule has 2 aromatic rings. The molecule has 0 saturated heterocycles. The van der Waals surface area contributed by atoms with Crippen LogP contribution in [-0.4, -0.2) is 19.9 Å². The Morgan fingerprint density at radius 3 is 2.41 bits per heavy atom. The summed E-state index contributed by atoms with van der Waals surface area (Å²) >= 11 is 0. The SMILES string of the molecule is Cn1c2c(c(=O)n(C)c1=O)C(c1ccncc1)C1=C(CC(C)(C)CC1=O)N2. The van der Waals surface area contributed by atoms with Crippen molar-refractivity contribution in [2.24, 2.45) is 19.5 Å². The van der Waals surface area contributed by atoms with Crippen molar-refractivity contribution < 1.29 is 4.79 Å². The molecule has 0 bridgehead atoms. The van der Waals surface area contributed by atoms with E-state index in [9.17, 15) is 14.4 Å². The van der Waals surface area contributed by atoms with Crippen LogP contribution >= 0.6 is 0 Å². The first-order valence-corrected chi connectivity index (χ1v) is 8.94. The summed E-state index contributed by atoms with van der Waals surface area (Å²) in [6, 6.07) is 3.64. The fraction of sp³-hybridized carbons (Fsp3) is 0.400. The number of pyridine rings is 1. The van der Waals surface area contributed by atoms with Crippen molar-refractivity contribution in [3.8, 4) is 0 Å². The highest BCUT2D eigenvalue weighted by Gasteiger charge is 2.42. The standard InChI is InChI=1S/C20H22N4O3/c1-20(2)9-12-15(13(25)10-20)14(11-5-7-21-8-6-11)16-17(22-12)23(3)19(27)24(4)18(16)26/h5-8,14,22H,9-10H2,1-4H3. The molecule has 1 N–H and O–H groups in total. The second kappa shape index (κ2) is 5.77. The van der Waals surface area contributed by atoms with E-state index >= 15 is 0 Å². The van der Waals surface area contributed by atoms with Gasteiger partial charge in [-0.15, -0.1) is 0 Å². The van der Waals surface area contributed by atoms with Crippen molar-refractivity contribution in [3.05, 3.63) is 67.8 Å². The summed E-state index contributed by atoms with van der Waals surface area (Å²) in [6.07, 6.45) is 4.41. The van der Waals surface area contributed by atoms with E-state index in [0.717, 1.165) is 15.8 Å². The van der Waals surface area contributed by atoms with Gasteiger partial charge in [-0.05, 0) is 29.5 Å². The van der Waals surface area contributed by atoms with E-state index in [1.807, 2.05) is 12.1 Å². The monoisotopic (exact) mass is 366 g/mol. The molecular weight excluding hydrogens is 344 g/mol. The summed E-state index contributed by atoms with van der Waals surface area (Å²) in [4.78, 5) is 42.6. The van der Waals surface area contributed by atoms with E-state index in [-0.39, 0.29) is 16.8 Å². The van der Waals surface area contributed by atoms with Crippen molar-refractivity contribution in [1.82, 2.24) is 14.1 Å². The van der Waals surface area contributed by atoms with Gasteiger partial charge in [0.1, 0.15) is 5.82 Å². The first kappa shape index (κ1) is 17.5. The van der Waals surface area contributed by atoms with Crippen molar-refractivity contribution in [2.45, 2.75) is 32.6 Å². The average Bonchev–Trinajstić information content (AvgIpc) is 2.62. The predicted octanol–water partition coefficient (Wildman–Crippen LogP) is 1.68. The largest absolute Gasteiger partial charge is 0.344 e. The fourth-order valence-corrected chi connectivity index (χ4v) is 4.24. The van der Waals surface area contributed by atoms with E-state index < -0.39 is 11.6 Å². The summed E-state index contributed by atoms with van der Waals surface area (Å²) in [5.41, 5.74) is 1.72. The smallest absolute Gasteiger partial charge is 0.332 e. The molecule has 140 valence electrons. The summed E-state index contributed by atoms with van der Waals surface area (Å²) in [5.74, 6) is -0.000342. The number of fused-ring (bicyclic) bond motifs is 1. The molecule has 0 aromatic carbocycles. The maximum absolute atomic E-state index is 13.1. The number of anilines is 1. The lowest BCUT2D eigenvalue weighted by atomic mass is 9.69. The zero-order valence-electron chi connectivity index (χ0n) is 15.9. The highest BCUT2D eigenvalue weighted by Crippen LogP contribution is 2.47. The van der Waals surface area contributed by atoms with Crippen LogP contribution in [0, 0.1) is 5.41 Å². The zero-order chi connectivity index (χ0) is 19.5. The third kappa shape index (κ3) is 2.57. The Morgan fingerprint density at radius 1 is 1.07 bits per heavy atom. The molecule has 0 radical (unpaired) electrons.